The van der Waals surface area contributed by atoms with Gasteiger partial charge in [0.2, 0.25) is 5.95 Å². The van der Waals surface area contributed by atoms with Crippen molar-refractivity contribution in [1.29, 1.82) is 0 Å². The Morgan fingerprint density at radius 3 is 2.71 bits per heavy atom. The van der Waals surface area contributed by atoms with E-state index in [2.05, 4.69) is 10.3 Å². The minimum atomic E-state index is -1.31. The number of fused-ring (bicyclic) bond motifs is 1. The van der Waals surface area contributed by atoms with Gasteiger partial charge in [-0.25, -0.2) is 9.37 Å². The van der Waals surface area contributed by atoms with Gasteiger partial charge in [0.15, 0.2) is 17.3 Å². The standard InChI is InChI=1S/C14H10F2N2O3/c15-12-9(3-4-17-13(12)16)14(19)18-8-1-2-10-11(7-8)21-6-5-20-10/h1-4,7H,5-6H2,(H,18,19). The number of carbonyl (C=O) groups excluding carboxylic acids is 1. The molecule has 108 valence electrons. The van der Waals surface area contributed by atoms with Crippen LogP contribution in [0.5, 0.6) is 11.5 Å². The normalized spacial score (nSPS) is 12.9. The monoisotopic (exact) mass is 292 g/mol. The molecule has 0 radical (unpaired) electrons. The maximum atomic E-state index is 13.5. The van der Waals surface area contributed by atoms with Gasteiger partial charge in [-0.1, -0.05) is 0 Å². The molecule has 1 amide bonds. The largest absolute Gasteiger partial charge is 0.486 e. The number of ether oxygens (including phenoxy) is 2. The molecule has 7 heteroatoms. The number of nitrogens with zero attached hydrogens (tertiary/aromatic N) is 1. The van der Waals surface area contributed by atoms with Gasteiger partial charge in [-0.2, -0.15) is 4.39 Å². The number of halogens is 2. The summed E-state index contributed by atoms with van der Waals surface area (Å²) >= 11 is 0. The van der Waals surface area contributed by atoms with Crippen LogP contribution in [0.1, 0.15) is 10.4 Å². The lowest BCUT2D eigenvalue weighted by Gasteiger charge is -2.19. The van der Waals surface area contributed by atoms with Crippen LogP contribution in [0.15, 0.2) is 30.5 Å². The number of benzene rings is 1. The third-order valence-corrected chi connectivity index (χ3v) is 2.89. The van der Waals surface area contributed by atoms with Crippen molar-refractivity contribution in [3.05, 3.63) is 47.8 Å². The molecule has 0 saturated heterocycles. The van der Waals surface area contributed by atoms with E-state index in [1.54, 1.807) is 18.2 Å². The zero-order valence-electron chi connectivity index (χ0n) is 10.7. The van der Waals surface area contributed by atoms with Gasteiger partial charge in [0.1, 0.15) is 13.2 Å². The van der Waals surface area contributed by atoms with Crippen LogP contribution in [-0.2, 0) is 0 Å². The second-order valence-corrected chi connectivity index (χ2v) is 4.28. The van der Waals surface area contributed by atoms with Crippen molar-refractivity contribution in [2.45, 2.75) is 0 Å². The molecule has 0 atom stereocenters. The summed E-state index contributed by atoms with van der Waals surface area (Å²) in [6.07, 6.45) is 1.02. The number of pyridine rings is 1. The fraction of sp³-hybridized carbons (Fsp3) is 0.143. The number of hydrogen-bond donors (Lipinski definition) is 1. The van der Waals surface area contributed by atoms with Crippen molar-refractivity contribution in [3.8, 4) is 11.5 Å². The van der Waals surface area contributed by atoms with Gasteiger partial charge < -0.3 is 14.8 Å². The summed E-state index contributed by atoms with van der Waals surface area (Å²) in [4.78, 5) is 15.1. The Balaban J connectivity index is 1.83. The van der Waals surface area contributed by atoms with Gasteiger partial charge in [0.25, 0.3) is 5.91 Å². The Morgan fingerprint density at radius 1 is 1.14 bits per heavy atom. The highest BCUT2D eigenvalue weighted by atomic mass is 19.2. The van der Waals surface area contributed by atoms with E-state index in [9.17, 15) is 13.6 Å². The number of carbonyl (C=O) groups is 1. The van der Waals surface area contributed by atoms with Crippen LogP contribution < -0.4 is 14.8 Å². The third-order valence-electron chi connectivity index (χ3n) is 2.89. The van der Waals surface area contributed by atoms with Crippen molar-refractivity contribution in [2.75, 3.05) is 18.5 Å². The molecule has 0 bridgehead atoms. The van der Waals surface area contributed by atoms with Gasteiger partial charge >= 0.3 is 0 Å². The molecule has 0 spiro atoms. The Morgan fingerprint density at radius 2 is 1.90 bits per heavy atom. The van der Waals surface area contributed by atoms with Gasteiger partial charge in [-0.15, -0.1) is 0 Å². The van der Waals surface area contributed by atoms with Crippen LogP contribution in [-0.4, -0.2) is 24.1 Å². The molecule has 0 unspecified atom stereocenters. The number of aromatic nitrogens is 1. The molecule has 21 heavy (non-hydrogen) atoms. The van der Waals surface area contributed by atoms with Crippen molar-refractivity contribution in [2.24, 2.45) is 0 Å². The quantitative estimate of drug-likeness (QED) is 0.863. The first kappa shape index (κ1) is 13.3. The summed E-state index contributed by atoms with van der Waals surface area (Å²) in [5.41, 5.74) is -0.0294. The molecule has 2 aromatic rings. The first-order valence-electron chi connectivity index (χ1n) is 6.16. The van der Waals surface area contributed by atoms with Crippen molar-refractivity contribution in [1.82, 2.24) is 4.98 Å². The number of nitrogens with one attached hydrogen (secondary N) is 1. The Bertz CT molecular complexity index is 707. The minimum absolute atomic E-state index is 0.390. The number of amides is 1. The molecule has 1 aromatic carbocycles. The summed E-state index contributed by atoms with van der Waals surface area (Å²) in [6, 6.07) is 5.88. The van der Waals surface area contributed by atoms with Crippen molar-refractivity contribution < 1.29 is 23.0 Å². The Hall–Kier alpha value is -2.70. The lowest BCUT2D eigenvalue weighted by molar-refractivity contribution is 0.102. The molecule has 0 aliphatic carbocycles. The van der Waals surface area contributed by atoms with E-state index in [-0.39, 0.29) is 0 Å². The summed E-state index contributed by atoms with van der Waals surface area (Å²) < 4.78 is 37.2. The SMILES string of the molecule is O=C(Nc1ccc2c(c1)OCCO2)c1ccnc(F)c1F. The van der Waals surface area contributed by atoms with Crippen LogP contribution >= 0.6 is 0 Å². The molecule has 5 nitrogen and oxygen atoms in total. The van der Waals surface area contributed by atoms with E-state index in [1.165, 1.54) is 0 Å². The molecule has 0 fully saturated rings. The molecule has 3 rings (SSSR count). The third kappa shape index (κ3) is 2.62. The van der Waals surface area contributed by atoms with Gasteiger partial charge in [0.05, 0.1) is 5.56 Å². The minimum Gasteiger partial charge on any atom is -0.486 e. The number of hydrogen-bond acceptors (Lipinski definition) is 4. The van der Waals surface area contributed by atoms with E-state index in [4.69, 9.17) is 9.47 Å². The van der Waals surface area contributed by atoms with Crippen LogP contribution in [0.3, 0.4) is 0 Å². The number of anilines is 1. The van der Waals surface area contributed by atoms with Crippen molar-refractivity contribution in [3.63, 3.8) is 0 Å². The Kier molecular flexibility index (Phi) is 3.39. The average molecular weight is 292 g/mol. The molecular formula is C14H10F2N2O3. The van der Waals surface area contributed by atoms with Gasteiger partial charge in [-0.05, 0) is 18.2 Å². The lowest BCUT2D eigenvalue weighted by Crippen LogP contribution is -2.17. The second kappa shape index (κ2) is 5.35. The molecule has 0 saturated carbocycles. The van der Waals surface area contributed by atoms with Crippen LogP contribution in [0.25, 0.3) is 0 Å². The predicted molar refractivity (Wildman–Crippen MR) is 69.5 cm³/mol. The summed E-state index contributed by atoms with van der Waals surface area (Å²) in [6.45, 7) is 0.870. The van der Waals surface area contributed by atoms with E-state index in [0.29, 0.717) is 30.4 Å². The molecule has 1 aliphatic heterocycles. The van der Waals surface area contributed by atoms with Crippen LogP contribution in [0.2, 0.25) is 0 Å². The van der Waals surface area contributed by atoms with Crippen LogP contribution in [0, 0.1) is 11.8 Å². The highest BCUT2D eigenvalue weighted by molar-refractivity contribution is 6.04. The average Bonchev–Trinajstić information content (AvgIpc) is 2.50. The maximum Gasteiger partial charge on any atom is 0.258 e. The fourth-order valence-electron chi connectivity index (χ4n) is 1.91. The summed E-state index contributed by atoms with van der Waals surface area (Å²) in [5, 5.41) is 2.47. The molecule has 2 heterocycles. The molecule has 1 aromatic heterocycles. The first-order chi connectivity index (χ1) is 10.1. The fourth-order valence-corrected chi connectivity index (χ4v) is 1.91. The van der Waals surface area contributed by atoms with E-state index in [1.807, 2.05) is 0 Å². The molecule has 1 aliphatic rings. The smallest absolute Gasteiger partial charge is 0.258 e. The first-order valence-corrected chi connectivity index (χ1v) is 6.16. The molecule has 1 N–H and O–H groups in total. The summed E-state index contributed by atoms with van der Waals surface area (Å²) in [7, 11) is 0. The Labute approximate surface area is 118 Å². The second-order valence-electron chi connectivity index (χ2n) is 4.28. The number of rotatable bonds is 2. The maximum absolute atomic E-state index is 13.5. The predicted octanol–water partition coefficient (Wildman–Crippen LogP) is 2.38. The zero-order valence-corrected chi connectivity index (χ0v) is 10.7. The highest BCUT2D eigenvalue weighted by Gasteiger charge is 2.17. The van der Waals surface area contributed by atoms with E-state index < -0.39 is 23.2 Å². The summed E-state index contributed by atoms with van der Waals surface area (Å²) in [5.74, 6) is -2.32. The van der Waals surface area contributed by atoms with E-state index in [0.717, 1.165) is 12.3 Å². The molecular weight excluding hydrogens is 282 g/mol. The van der Waals surface area contributed by atoms with Gasteiger partial charge in [-0.3, -0.25) is 4.79 Å². The zero-order chi connectivity index (χ0) is 14.8. The van der Waals surface area contributed by atoms with Crippen LogP contribution in [0.4, 0.5) is 14.5 Å². The highest BCUT2D eigenvalue weighted by Crippen LogP contribution is 2.32. The topological polar surface area (TPSA) is 60.5 Å². The lowest BCUT2D eigenvalue weighted by atomic mass is 10.2. The van der Waals surface area contributed by atoms with Crippen molar-refractivity contribution >= 4 is 11.6 Å². The van der Waals surface area contributed by atoms with Gasteiger partial charge in [0, 0.05) is 18.0 Å². The van der Waals surface area contributed by atoms with E-state index >= 15 is 0 Å².